The van der Waals surface area contributed by atoms with Crippen LogP contribution in [0.3, 0.4) is 0 Å². The number of hydrazine groups is 1. The highest BCUT2D eigenvalue weighted by atomic mass is 16.3. The third-order valence-electron chi connectivity index (χ3n) is 4.09. The normalized spacial score (nSPS) is 10.9. The van der Waals surface area contributed by atoms with E-state index in [-0.39, 0.29) is 22.4 Å². The molecule has 0 saturated heterocycles. The van der Waals surface area contributed by atoms with Crippen molar-refractivity contribution in [3.8, 4) is 5.69 Å². The van der Waals surface area contributed by atoms with E-state index in [1.54, 1.807) is 6.92 Å². The molecule has 0 fully saturated rings. The summed E-state index contributed by atoms with van der Waals surface area (Å²) in [6, 6.07) is 7.47. The zero-order valence-corrected chi connectivity index (χ0v) is 14.9. The van der Waals surface area contributed by atoms with Crippen LogP contribution in [0.4, 0.5) is 5.95 Å². The molecule has 0 bridgehead atoms. The summed E-state index contributed by atoms with van der Waals surface area (Å²) in [6.45, 7) is 6.22. The molecule has 3 aromatic rings. The maximum Gasteiger partial charge on any atom is 0.271 e. The number of fused-ring (bicyclic) bond motifs is 1. The van der Waals surface area contributed by atoms with Gasteiger partial charge in [-0.15, -0.1) is 0 Å². The number of aromatic nitrogens is 2. The van der Waals surface area contributed by atoms with Crippen molar-refractivity contribution in [1.29, 1.82) is 0 Å². The van der Waals surface area contributed by atoms with Gasteiger partial charge in [0, 0.05) is 6.54 Å². The number of hydrogen-bond donors (Lipinski definition) is 3. The van der Waals surface area contributed by atoms with Crippen molar-refractivity contribution in [3.63, 3.8) is 0 Å². The Morgan fingerprint density at radius 2 is 1.96 bits per heavy atom. The quantitative estimate of drug-likeness (QED) is 0.366. The summed E-state index contributed by atoms with van der Waals surface area (Å²) >= 11 is 0. The molecular formula is C18H21N5O3. The molecule has 0 atom stereocenters. The number of nitrogens with one attached hydrogen (secondary N) is 2. The van der Waals surface area contributed by atoms with E-state index in [4.69, 9.17) is 10.3 Å². The summed E-state index contributed by atoms with van der Waals surface area (Å²) in [5.41, 5.74) is 3.58. The summed E-state index contributed by atoms with van der Waals surface area (Å²) in [5, 5.41) is 3.25. The fraction of sp³-hybridized carbons (Fsp3) is 0.278. The number of rotatable bonds is 5. The van der Waals surface area contributed by atoms with Crippen molar-refractivity contribution in [1.82, 2.24) is 15.0 Å². The molecule has 0 aliphatic carbocycles. The average molecular weight is 355 g/mol. The van der Waals surface area contributed by atoms with Crippen molar-refractivity contribution in [2.24, 2.45) is 5.84 Å². The third kappa shape index (κ3) is 2.95. The zero-order valence-electron chi connectivity index (χ0n) is 14.9. The Morgan fingerprint density at radius 3 is 2.58 bits per heavy atom. The molecule has 3 rings (SSSR count). The highest BCUT2D eigenvalue weighted by molar-refractivity contribution is 6.06. The molecule has 8 heteroatoms. The van der Waals surface area contributed by atoms with E-state index < -0.39 is 11.5 Å². The molecule has 0 saturated carbocycles. The number of carbonyl (C=O) groups excluding carboxylic acids is 1. The summed E-state index contributed by atoms with van der Waals surface area (Å²) < 4.78 is 7.00. The van der Waals surface area contributed by atoms with Crippen LogP contribution in [0.1, 0.15) is 35.0 Å². The van der Waals surface area contributed by atoms with Gasteiger partial charge in [0.15, 0.2) is 0 Å². The van der Waals surface area contributed by atoms with Gasteiger partial charge in [-0.1, -0.05) is 24.6 Å². The van der Waals surface area contributed by atoms with Crippen LogP contribution >= 0.6 is 0 Å². The van der Waals surface area contributed by atoms with Crippen LogP contribution in [0.15, 0.2) is 33.5 Å². The number of furan rings is 1. The molecule has 0 aliphatic heterocycles. The first-order valence-corrected chi connectivity index (χ1v) is 8.36. The molecule has 2 aromatic heterocycles. The molecule has 1 amide bonds. The lowest BCUT2D eigenvalue weighted by Crippen LogP contribution is -2.32. The largest absolute Gasteiger partial charge is 0.442 e. The number of nitrogens with zero attached hydrogens (tertiary/aromatic N) is 2. The number of benzene rings is 1. The fourth-order valence-electron chi connectivity index (χ4n) is 2.80. The third-order valence-corrected chi connectivity index (χ3v) is 4.09. The number of aryl methyl sites for hydroxylation is 2. The van der Waals surface area contributed by atoms with E-state index in [9.17, 15) is 9.59 Å². The summed E-state index contributed by atoms with van der Waals surface area (Å²) in [6.07, 6.45) is 0.861. The van der Waals surface area contributed by atoms with Gasteiger partial charge in [-0.25, -0.2) is 10.4 Å². The first-order chi connectivity index (χ1) is 12.5. The Labute approximate surface area is 150 Å². The average Bonchev–Trinajstić information content (AvgIpc) is 2.96. The molecule has 0 unspecified atom stereocenters. The second-order valence-electron chi connectivity index (χ2n) is 6.03. The van der Waals surface area contributed by atoms with Gasteiger partial charge in [0.25, 0.3) is 11.5 Å². The highest BCUT2D eigenvalue weighted by Gasteiger charge is 2.24. The summed E-state index contributed by atoms with van der Waals surface area (Å²) in [7, 11) is 0. The van der Waals surface area contributed by atoms with Gasteiger partial charge in [0.2, 0.25) is 11.7 Å². The Kier molecular flexibility index (Phi) is 4.77. The number of nitrogen functional groups attached to an aromatic ring is 1. The van der Waals surface area contributed by atoms with Gasteiger partial charge >= 0.3 is 0 Å². The van der Waals surface area contributed by atoms with Gasteiger partial charge in [-0.05, 0) is 32.4 Å². The monoisotopic (exact) mass is 355 g/mol. The van der Waals surface area contributed by atoms with Gasteiger partial charge < -0.3 is 9.73 Å². The minimum absolute atomic E-state index is 0.0999. The SMILES string of the molecule is CCCNc1nc2oc(C)c(C(=O)NN)c2c(=O)n1-c1ccc(C)cc1. The predicted octanol–water partition coefficient (Wildman–Crippen LogP) is 2.02. The second-order valence-corrected chi connectivity index (χ2v) is 6.03. The van der Waals surface area contributed by atoms with Crippen molar-refractivity contribution >= 4 is 23.0 Å². The van der Waals surface area contributed by atoms with Crippen molar-refractivity contribution in [2.75, 3.05) is 11.9 Å². The molecule has 26 heavy (non-hydrogen) atoms. The maximum atomic E-state index is 13.3. The smallest absolute Gasteiger partial charge is 0.271 e. The number of nitrogens with two attached hydrogens (primary N) is 1. The minimum atomic E-state index is -0.593. The molecule has 2 heterocycles. The zero-order chi connectivity index (χ0) is 18.8. The Morgan fingerprint density at radius 1 is 1.27 bits per heavy atom. The molecule has 0 aliphatic rings. The van der Waals surface area contributed by atoms with Crippen LogP contribution in [0.25, 0.3) is 16.8 Å². The molecular weight excluding hydrogens is 334 g/mol. The molecule has 4 N–H and O–H groups in total. The predicted molar refractivity (Wildman–Crippen MR) is 99.5 cm³/mol. The van der Waals surface area contributed by atoms with Crippen LogP contribution in [0.2, 0.25) is 0 Å². The van der Waals surface area contributed by atoms with Crippen molar-refractivity contribution in [3.05, 3.63) is 51.5 Å². The van der Waals surface area contributed by atoms with Gasteiger partial charge in [-0.2, -0.15) is 4.98 Å². The molecule has 136 valence electrons. The lowest BCUT2D eigenvalue weighted by molar-refractivity contribution is 0.0953. The van der Waals surface area contributed by atoms with E-state index in [0.29, 0.717) is 18.2 Å². The van der Waals surface area contributed by atoms with Gasteiger partial charge in [-0.3, -0.25) is 15.0 Å². The Hall–Kier alpha value is -3.13. The highest BCUT2D eigenvalue weighted by Crippen LogP contribution is 2.24. The van der Waals surface area contributed by atoms with Crippen molar-refractivity contribution < 1.29 is 9.21 Å². The first kappa shape index (κ1) is 17.7. The molecule has 0 radical (unpaired) electrons. The van der Waals surface area contributed by atoms with E-state index in [2.05, 4.69) is 15.7 Å². The molecule has 8 nitrogen and oxygen atoms in total. The topological polar surface area (TPSA) is 115 Å². The van der Waals surface area contributed by atoms with Crippen LogP contribution in [0, 0.1) is 13.8 Å². The van der Waals surface area contributed by atoms with Crippen LogP contribution in [-0.2, 0) is 0 Å². The molecule has 0 spiro atoms. The first-order valence-electron chi connectivity index (χ1n) is 8.36. The number of amides is 1. The molecule has 1 aromatic carbocycles. The standard InChI is InChI=1S/C18H21N5O3/c1-4-9-20-18-21-16-14(13(11(3)26-16)15(24)22-19)17(25)23(18)12-7-5-10(2)6-8-12/h5-8H,4,9,19H2,1-3H3,(H,20,21)(H,22,24). The minimum Gasteiger partial charge on any atom is -0.442 e. The van der Waals surface area contributed by atoms with E-state index >= 15 is 0 Å². The lowest BCUT2D eigenvalue weighted by atomic mass is 10.1. The Bertz CT molecular complexity index is 1020. The van der Waals surface area contributed by atoms with Crippen LogP contribution < -0.4 is 22.1 Å². The summed E-state index contributed by atoms with van der Waals surface area (Å²) in [5.74, 6) is 5.31. The summed E-state index contributed by atoms with van der Waals surface area (Å²) in [4.78, 5) is 29.8. The van der Waals surface area contributed by atoms with Gasteiger partial charge in [0.1, 0.15) is 11.1 Å². The number of anilines is 1. The fourth-order valence-corrected chi connectivity index (χ4v) is 2.80. The van der Waals surface area contributed by atoms with Crippen molar-refractivity contribution in [2.45, 2.75) is 27.2 Å². The van der Waals surface area contributed by atoms with Crippen LogP contribution in [0.5, 0.6) is 0 Å². The number of hydrogen-bond acceptors (Lipinski definition) is 6. The second kappa shape index (κ2) is 7.01. The number of carbonyl (C=O) groups is 1. The maximum absolute atomic E-state index is 13.3. The van der Waals surface area contributed by atoms with E-state index in [0.717, 1.165) is 12.0 Å². The van der Waals surface area contributed by atoms with E-state index in [1.165, 1.54) is 4.57 Å². The van der Waals surface area contributed by atoms with Crippen LogP contribution in [-0.4, -0.2) is 22.0 Å². The van der Waals surface area contributed by atoms with Gasteiger partial charge in [0.05, 0.1) is 11.3 Å². The lowest BCUT2D eigenvalue weighted by Gasteiger charge is -2.13. The Balaban J connectivity index is 2.35. The van der Waals surface area contributed by atoms with E-state index in [1.807, 2.05) is 38.1 Å².